The third kappa shape index (κ3) is 3.21. The molecule has 0 atom stereocenters. The number of hydrogen-bond acceptors (Lipinski definition) is 3. The van der Waals surface area contributed by atoms with Crippen molar-refractivity contribution in [3.05, 3.63) is 75.0 Å². The summed E-state index contributed by atoms with van der Waals surface area (Å²) in [5, 5.41) is 0. The highest BCUT2D eigenvalue weighted by Crippen LogP contribution is 2.31. The first-order valence-corrected chi connectivity index (χ1v) is 10.0. The lowest BCUT2D eigenvalue weighted by Gasteiger charge is -2.18. The average Bonchev–Trinajstić information content (AvgIpc) is 3.08. The van der Waals surface area contributed by atoms with Gasteiger partial charge in [-0.25, -0.2) is 4.79 Å². The third-order valence-corrected chi connectivity index (χ3v) is 5.62. The lowest BCUT2D eigenvalue weighted by molar-refractivity contribution is 0.0528. The van der Waals surface area contributed by atoms with Crippen LogP contribution in [0.4, 0.5) is 0 Å². The van der Waals surface area contributed by atoms with Crippen molar-refractivity contribution in [1.29, 1.82) is 0 Å². The van der Waals surface area contributed by atoms with Gasteiger partial charge in [-0.2, -0.15) is 0 Å². The molecule has 0 N–H and O–H groups in total. The lowest BCUT2D eigenvalue weighted by Crippen LogP contribution is -2.10. The van der Waals surface area contributed by atoms with Crippen molar-refractivity contribution in [2.24, 2.45) is 0 Å². The van der Waals surface area contributed by atoms with Gasteiger partial charge in [0.1, 0.15) is 0 Å². The molecule has 0 aliphatic heterocycles. The largest absolute Gasteiger partial charge is 0.462 e. The molecule has 1 aromatic carbocycles. The molecule has 0 saturated carbocycles. The van der Waals surface area contributed by atoms with Gasteiger partial charge in [-0.1, -0.05) is 15.9 Å². The van der Waals surface area contributed by atoms with Crippen molar-refractivity contribution in [3.8, 4) is 0 Å². The number of halogens is 1. The van der Waals surface area contributed by atoms with E-state index >= 15 is 0 Å². The van der Waals surface area contributed by atoms with Crippen LogP contribution in [-0.2, 0) is 17.6 Å². The first-order chi connectivity index (χ1) is 13.1. The zero-order chi connectivity index (χ0) is 19.0. The van der Waals surface area contributed by atoms with Gasteiger partial charge in [0.05, 0.1) is 23.4 Å². The van der Waals surface area contributed by atoms with Crippen LogP contribution in [-0.4, -0.2) is 22.8 Å². The molecule has 0 bridgehead atoms. The average molecular weight is 426 g/mol. The van der Waals surface area contributed by atoms with Gasteiger partial charge in [0, 0.05) is 16.2 Å². The second-order valence-electron chi connectivity index (χ2n) is 6.74. The number of carbonyl (C=O) groups is 2. The SMILES string of the molecule is CCOC(=O)c1cc(C(=O)c2ccc(Br)cc2)n2ccc3c(c12)CCCC3. The van der Waals surface area contributed by atoms with Gasteiger partial charge in [0.25, 0.3) is 0 Å². The molecule has 0 spiro atoms. The van der Waals surface area contributed by atoms with Crippen LogP contribution >= 0.6 is 15.9 Å². The smallest absolute Gasteiger partial charge is 0.340 e. The van der Waals surface area contributed by atoms with E-state index in [0.717, 1.165) is 35.7 Å². The van der Waals surface area contributed by atoms with Gasteiger partial charge in [-0.3, -0.25) is 4.79 Å². The van der Waals surface area contributed by atoms with Gasteiger partial charge in [-0.15, -0.1) is 0 Å². The predicted octanol–water partition coefficient (Wildman–Crippen LogP) is 4.99. The monoisotopic (exact) mass is 425 g/mol. The number of aryl methyl sites for hydroxylation is 2. The van der Waals surface area contributed by atoms with Gasteiger partial charge < -0.3 is 9.14 Å². The van der Waals surface area contributed by atoms with Crippen LogP contribution < -0.4 is 0 Å². The highest BCUT2D eigenvalue weighted by molar-refractivity contribution is 9.10. The molecule has 0 saturated heterocycles. The van der Waals surface area contributed by atoms with Crippen molar-refractivity contribution >= 4 is 33.2 Å². The number of rotatable bonds is 4. The Kier molecular flexibility index (Phi) is 4.87. The van der Waals surface area contributed by atoms with E-state index in [1.165, 1.54) is 11.1 Å². The zero-order valence-electron chi connectivity index (χ0n) is 15.1. The number of benzene rings is 1. The lowest BCUT2D eigenvalue weighted by atomic mass is 9.91. The summed E-state index contributed by atoms with van der Waals surface area (Å²) in [6.07, 6.45) is 6.09. The van der Waals surface area contributed by atoms with E-state index in [4.69, 9.17) is 4.74 Å². The number of pyridine rings is 1. The Labute approximate surface area is 166 Å². The van der Waals surface area contributed by atoms with Gasteiger partial charge >= 0.3 is 5.97 Å². The Hall–Kier alpha value is -2.40. The Morgan fingerprint density at radius 3 is 2.59 bits per heavy atom. The van der Waals surface area contributed by atoms with E-state index in [9.17, 15) is 9.59 Å². The number of ketones is 1. The van der Waals surface area contributed by atoms with Crippen LogP contribution in [0.15, 0.2) is 47.1 Å². The van der Waals surface area contributed by atoms with Crippen LogP contribution in [0.3, 0.4) is 0 Å². The molecule has 138 valence electrons. The number of hydrogen-bond donors (Lipinski definition) is 0. The van der Waals surface area contributed by atoms with Crippen molar-refractivity contribution in [3.63, 3.8) is 0 Å². The zero-order valence-corrected chi connectivity index (χ0v) is 16.7. The molecule has 2 aromatic heterocycles. The number of ether oxygens (including phenoxy) is 1. The highest BCUT2D eigenvalue weighted by Gasteiger charge is 2.25. The van der Waals surface area contributed by atoms with Crippen molar-refractivity contribution in [2.75, 3.05) is 6.61 Å². The fourth-order valence-electron chi connectivity index (χ4n) is 3.82. The summed E-state index contributed by atoms with van der Waals surface area (Å²) in [4.78, 5) is 25.8. The summed E-state index contributed by atoms with van der Waals surface area (Å²) >= 11 is 3.39. The standard InChI is InChI=1S/C22H20BrNO3/c1-2-27-22(26)18-13-19(21(25)15-7-9-16(23)10-8-15)24-12-11-14-5-3-4-6-17(14)20(18)24/h7-13H,2-6H2,1H3. The Morgan fingerprint density at radius 2 is 1.85 bits per heavy atom. The number of esters is 1. The van der Waals surface area contributed by atoms with Gasteiger partial charge in [0.2, 0.25) is 5.78 Å². The molecular formula is C22H20BrNO3. The predicted molar refractivity (Wildman–Crippen MR) is 108 cm³/mol. The van der Waals surface area contributed by atoms with E-state index in [0.29, 0.717) is 23.4 Å². The molecule has 4 nitrogen and oxygen atoms in total. The molecule has 3 aromatic rings. The Balaban J connectivity index is 1.92. The van der Waals surface area contributed by atoms with Crippen molar-refractivity contribution < 1.29 is 14.3 Å². The second-order valence-corrected chi connectivity index (χ2v) is 7.66. The molecule has 0 amide bonds. The van der Waals surface area contributed by atoms with Gasteiger partial charge in [-0.05, 0) is 80.1 Å². The topological polar surface area (TPSA) is 47.8 Å². The first kappa shape index (κ1) is 18.0. The molecule has 1 aliphatic rings. The maximum atomic E-state index is 13.1. The fraction of sp³-hybridized carbons (Fsp3) is 0.273. The number of carbonyl (C=O) groups excluding carboxylic acids is 2. The molecule has 2 heterocycles. The highest BCUT2D eigenvalue weighted by atomic mass is 79.9. The van der Waals surface area contributed by atoms with E-state index in [2.05, 4.69) is 22.0 Å². The number of fused-ring (bicyclic) bond motifs is 3. The van der Waals surface area contributed by atoms with Crippen LogP contribution in [0, 0.1) is 0 Å². The normalized spacial score (nSPS) is 13.4. The second kappa shape index (κ2) is 7.31. The van der Waals surface area contributed by atoms with Crippen LogP contribution in [0.2, 0.25) is 0 Å². The molecule has 27 heavy (non-hydrogen) atoms. The summed E-state index contributed by atoms with van der Waals surface area (Å²) in [5.41, 5.74) is 4.82. The molecule has 0 fully saturated rings. The van der Waals surface area contributed by atoms with E-state index < -0.39 is 0 Å². The maximum absolute atomic E-state index is 13.1. The summed E-state index contributed by atoms with van der Waals surface area (Å²) in [7, 11) is 0. The van der Waals surface area contributed by atoms with E-state index in [-0.39, 0.29) is 11.8 Å². The van der Waals surface area contributed by atoms with E-state index in [1.807, 2.05) is 22.7 Å². The van der Waals surface area contributed by atoms with Crippen molar-refractivity contribution in [1.82, 2.24) is 4.40 Å². The van der Waals surface area contributed by atoms with Crippen LogP contribution in [0.25, 0.3) is 5.52 Å². The van der Waals surface area contributed by atoms with E-state index in [1.54, 1.807) is 25.1 Å². The Morgan fingerprint density at radius 1 is 1.11 bits per heavy atom. The number of aromatic nitrogens is 1. The molecule has 5 heteroatoms. The summed E-state index contributed by atoms with van der Waals surface area (Å²) in [6.45, 7) is 2.10. The minimum Gasteiger partial charge on any atom is -0.462 e. The number of nitrogens with zero attached hydrogens (tertiary/aromatic N) is 1. The summed E-state index contributed by atoms with van der Waals surface area (Å²) in [6, 6.07) is 11.0. The molecule has 4 rings (SSSR count). The first-order valence-electron chi connectivity index (χ1n) is 9.23. The van der Waals surface area contributed by atoms with Crippen molar-refractivity contribution in [2.45, 2.75) is 32.6 Å². The summed E-state index contributed by atoms with van der Waals surface area (Å²) in [5.74, 6) is -0.479. The minimum atomic E-state index is -0.371. The minimum absolute atomic E-state index is 0.108. The quantitative estimate of drug-likeness (QED) is 0.436. The summed E-state index contributed by atoms with van der Waals surface area (Å²) < 4.78 is 8.05. The Bertz CT molecular complexity index is 1030. The van der Waals surface area contributed by atoms with Crippen LogP contribution in [0.5, 0.6) is 0 Å². The maximum Gasteiger partial charge on any atom is 0.340 e. The molecule has 0 radical (unpaired) electrons. The van der Waals surface area contributed by atoms with Crippen LogP contribution in [0.1, 0.15) is 57.3 Å². The molecule has 1 aliphatic carbocycles. The van der Waals surface area contributed by atoms with Gasteiger partial charge in [0.15, 0.2) is 0 Å². The molecular weight excluding hydrogens is 406 g/mol. The third-order valence-electron chi connectivity index (χ3n) is 5.09. The fourth-order valence-corrected chi connectivity index (χ4v) is 4.09. The molecule has 0 unspecified atom stereocenters.